The van der Waals surface area contributed by atoms with E-state index in [9.17, 15) is 5.11 Å². The summed E-state index contributed by atoms with van der Waals surface area (Å²) < 4.78 is 5.49. The van der Waals surface area contributed by atoms with Crippen LogP contribution in [0.4, 0.5) is 0 Å². The Hall–Kier alpha value is -3.00. The molecule has 0 atom stereocenters. The molecule has 0 aliphatic heterocycles. The molecule has 0 saturated heterocycles. The van der Waals surface area contributed by atoms with Gasteiger partial charge in [0, 0.05) is 6.54 Å². The SMILES string of the molecule is N#CNC(=NCCc1ccc(O)cc1)Oc1ccccc1. The van der Waals surface area contributed by atoms with Crippen molar-refractivity contribution in [2.75, 3.05) is 6.54 Å². The average molecular weight is 281 g/mol. The molecule has 0 heterocycles. The predicted octanol–water partition coefficient (Wildman–Crippen LogP) is 2.44. The molecule has 5 heteroatoms. The quantitative estimate of drug-likeness (QED) is 0.390. The highest BCUT2D eigenvalue weighted by Gasteiger charge is 2.01. The monoisotopic (exact) mass is 281 g/mol. The van der Waals surface area contributed by atoms with Crippen molar-refractivity contribution in [2.45, 2.75) is 6.42 Å². The minimum atomic E-state index is 0.169. The minimum Gasteiger partial charge on any atom is -0.508 e. The molecule has 2 aromatic carbocycles. The maximum absolute atomic E-state index is 9.21. The van der Waals surface area contributed by atoms with Crippen molar-refractivity contribution >= 4 is 6.02 Å². The van der Waals surface area contributed by atoms with Gasteiger partial charge in [0.25, 0.3) is 0 Å². The fourth-order valence-corrected chi connectivity index (χ4v) is 1.69. The van der Waals surface area contributed by atoms with Crippen LogP contribution in [0, 0.1) is 11.5 Å². The number of benzene rings is 2. The molecule has 5 nitrogen and oxygen atoms in total. The van der Waals surface area contributed by atoms with Crippen molar-refractivity contribution < 1.29 is 9.84 Å². The van der Waals surface area contributed by atoms with Crippen molar-refractivity contribution in [1.82, 2.24) is 5.32 Å². The average Bonchev–Trinajstić information content (AvgIpc) is 2.50. The van der Waals surface area contributed by atoms with Crippen LogP contribution in [0.15, 0.2) is 59.6 Å². The summed E-state index contributed by atoms with van der Waals surface area (Å²) in [4.78, 5) is 4.22. The molecule has 0 aromatic heterocycles. The molecule has 0 aliphatic carbocycles. The molecule has 0 spiro atoms. The molecule has 0 amide bonds. The number of nitrogens with one attached hydrogen (secondary N) is 1. The van der Waals surface area contributed by atoms with Crippen molar-refractivity contribution in [3.8, 4) is 17.7 Å². The van der Waals surface area contributed by atoms with Crippen LogP contribution >= 0.6 is 0 Å². The number of aliphatic imine (C=N–C) groups is 1. The van der Waals surface area contributed by atoms with Gasteiger partial charge in [-0.25, -0.2) is 10.3 Å². The van der Waals surface area contributed by atoms with Gasteiger partial charge in [-0.3, -0.25) is 0 Å². The van der Waals surface area contributed by atoms with Crippen molar-refractivity contribution in [1.29, 1.82) is 5.26 Å². The number of phenolic OH excluding ortho intramolecular Hbond substituents is 1. The fourth-order valence-electron chi connectivity index (χ4n) is 1.69. The topological polar surface area (TPSA) is 77.6 Å². The zero-order valence-electron chi connectivity index (χ0n) is 11.4. The summed E-state index contributed by atoms with van der Waals surface area (Å²) in [6.45, 7) is 0.474. The second-order valence-corrected chi connectivity index (χ2v) is 4.26. The van der Waals surface area contributed by atoms with E-state index in [4.69, 9.17) is 10.00 Å². The first-order valence-corrected chi connectivity index (χ1v) is 6.48. The van der Waals surface area contributed by atoms with Gasteiger partial charge >= 0.3 is 6.02 Å². The molecule has 0 saturated carbocycles. The molecular weight excluding hydrogens is 266 g/mol. The number of amidine groups is 1. The molecule has 2 rings (SSSR count). The summed E-state index contributed by atoms with van der Waals surface area (Å²) in [7, 11) is 0. The lowest BCUT2D eigenvalue weighted by atomic mass is 10.1. The van der Waals surface area contributed by atoms with Crippen molar-refractivity contribution in [2.24, 2.45) is 4.99 Å². The number of hydrogen-bond acceptors (Lipinski definition) is 4. The number of aromatic hydroxyl groups is 1. The molecule has 0 fully saturated rings. The summed E-state index contributed by atoms with van der Waals surface area (Å²) in [6, 6.07) is 16.2. The summed E-state index contributed by atoms with van der Waals surface area (Å²) in [5, 5.41) is 20.3. The third-order valence-corrected chi connectivity index (χ3v) is 2.71. The van der Waals surface area contributed by atoms with E-state index in [1.165, 1.54) is 0 Å². The molecule has 0 radical (unpaired) electrons. The highest BCUT2D eigenvalue weighted by atomic mass is 16.5. The summed E-state index contributed by atoms with van der Waals surface area (Å²) in [6.07, 6.45) is 2.49. The number of ether oxygens (including phenoxy) is 1. The Balaban J connectivity index is 1.94. The highest BCUT2D eigenvalue weighted by molar-refractivity contribution is 5.77. The second kappa shape index (κ2) is 7.56. The zero-order valence-corrected chi connectivity index (χ0v) is 11.4. The third-order valence-electron chi connectivity index (χ3n) is 2.71. The highest BCUT2D eigenvalue weighted by Crippen LogP contribution is 2.10. The lowest BCUT2D eigenvalue weighted by Crippen LogP contribution is -2.25. The number of nitriles is 1. The van der Waals surface area contributed by atoms with Crippen LogP contribution in [0.1, 0.15) is 5.56 Å². The Morgan fingerprint density at radius 1 is 1.14 bits per heavy atom. The Labute approximate surface area is 123 Å². The van der Waals surface area contributed by atoms with Crippen LogP contribution in [0.3, 0.4) is 0 Å². The van der Waals surface area contributed by atoms with Crippen LogP contribution < -0.4 is 10.1 Å². The molecule has 2 N–H and O–H groups in total. The lowest BCUT2D eigenvalue weighted by Gasteiger charge is -2.06. The molecule has 0 bridgehead atoms. The van der Waals surface area contributed by atoms with Gasteiger partial charge in [0.1, 0.15) is 11.5 Å². The summed E-state index contributed by atoms with van der Waals surface area (Å²) in [5.41, 5.74) is 1.05. The van der Waals surface area contributed by atoms with Crippen LogP contribution in [-0.4, -0.2) is 17.7 Å². The van der Waals surface area contributed by atoms with Crippen LogP contribution in [0.2, 0.25) is 0 Å². The van der Waals surface area contributed by atoms with Gasteiger partial charge in [-0.1, -0.05) is 30.3 Å². The normalized spacial score (nSPS) is 10.7. The largest absolute Gasteiger partial charge is 0.508 e. The van der Waals surface area contributed by atoms with Gasteiger partial charge in [0.05, 0.1) is 0 Å². The predicted molar refractivity (Wildman–Crippen MR) is 79.9 cm³/mol. The number of hydrogen-bond donors (Lipinski definition) is 2. The van der Waals surface area contributed by atoms with Crippen molar-refractivity contribution in [3.63, 3.8) is 0 Å². The van der Waals surface area contributed by atoms with E-state index in [2.05, 4.69) is 10.3 Å². The first-order chi connectivity index (χ1) is 10.3. The van der Waals surface area contributed by atoms with Gasteiger partial charge in [0.2, 0.25) is 0 Å². The standard InChI is InChI=1S/C16H15N3O2/c17-12-19-16(21-15-4-2-1-3-5-15)18-11-10-13-6-8-14(20)9-7-13/h1-9,20H,10-11H2,(H,18,19). The Morgan fingerprint density at radius 3 is 2.52 bits per heavy atom. The first kappa shape index (κ1) is 14.4. The summed E-state index contributed by atoms with van der Waals surface area (Å²) >= 11 is 0. The molecule has 106 valence electrons. The fraction of sp³-hybridized carbons (Fsp3) is 0.125. The number of phenols is 1. The smallest absolute Gasteiger partial charge is 0.303 e. The van der Waals surface area contributed by atoms with Crippen molar-refractivity contribution in [3.05, 3.63) is 60.2 Å². The van der Waals surface area contributed by atoms with E-state index in [0.717, 1.165) is 5.56 Å². The number of rotatable bonds is 4. The van der Waals surface area contributed by atoms with Gasteiger partial charge in [-0.05, 0) is 36.2 Å². The number of nitrogens with zero attached hydrogens (tertiary/aromatic N) is 2. The van der Waals surface area contributed by atoms with E-state index in [0.29, 0.717) is 18.7 Å². The van der Waals surface area contributed by atoms with Crippen LogP contribution in [-0.2, 0) is 6.42 Å². The molecular formula is C16H15N3O2. The molecule has 21 heavy (non-hydrogen) atoms. The maximum atomic E-state index is 9.21. The molecule has 2 aromatic rings. The number of para-hydroxylation sites is 1. The second-order valence-electron chi connectivity index (χ2n) is 4.26. The van der Waals surface area contributed by atoms with Gasteiger partial charge < -0.3 is 9.84 Å². The van der Waals surface area contributed by atoms with E-state index in [1.807, 2.05) is 30.3 Å². The molecule has 0 aliphatic rings. The van der Waals surface area contributed by atoms with Gasteiger partial charge in [-0.2, -0.15) is 5.26 Å². The lowest BCUT2D eigenvalue weighted by molar-refractivity contribution is 0.475. The third kappa shape index (κ3) is 4.88. The Morgan fingerprint density at radius 2 is 1.86 bits per heavy atom. The Kier molecular flexibility index (Phi) is 5.18. The Bertz CT molecular complexity index is 631. The van der Waals surface area contributed by atoms with E-state index in [1.54, 1.807) is 30.5 Å². The van der Waals surface area contributed by atoms with Gasteiger partial charge in [0.15, 0.2) is 6.19 Å². The summed E-state index contributed by atoms with van der Waals surface area (Å²) in [5.74, 6) is 0.852. The van der Waals surface area contributed by atoms with E-state index >= 15 is 0 Å². The van der Waals surface area contributed by atoms with Crippen LogP contribution in [0.25, 0.3) is 0 Å². The van der Waals surface area contributed by atoms with Crippen LogP contribution in [0.5, 0.6) is 11.5 Å². The minimum absolute atomic E-state index is 0.169. The zero-order chi connectivity index (χ0) is 14.9. The van der Waals surface area contributed by atoms with E-state index < -0.39 is 0 Å². The molecule has 0 unspecified atom stereocenters. The maximum Gasteiger partial charge on any atom is 0.303 e. The van der Waals surface area contributed by atoms with E-state index in [-0.39, 0.29) is 11.8 Å². The van der Waals surface area contributed by atoms with Gasteiger partial charge in [-0.15, -0.1) is 0 Å². The first-order valence-electron chi connectivity index (χ1n) is 6.48.